The summed E-state index contributed by atoms with van der Waals surface area (Å²) >= 11 is 0. The third-order valence-corrected chi connectivity index (χ3v) is 17.2. The minimum atomic E-state index is -0.669. The van der Waals surface area contributed by atoms with Crippen LogP contribution in [0, 0.1) is 0 Å². The van der Waals surface area contributed by atoms with E-state index in [1.807, 2.05) is 0 Å². The summed E-state index contributed by atoms with van der Waals surface area (Å²) in [4.78, 5) is 24.7. The Morgan fingerprint density at radius 3 is 0.975 bits per heavy atom. The Balaban J connectivity index is 3.39. The number of hydrogen-bond acceptors (Lipinski definition) is 5. The first-order chi connectivity index (χ1) is 40.0. The van der Waals surface area contributed by atoms with Crippen LogP contribution in [0.2, 0.25) is 0 Å². The van der Waals surface area contributed by atoms with E-state index in [1.165, 1.54) is 321 Å². The highest BCUT2D eigenvalue weighted by Gasteiger charge is 2.20. The quantitative estimate of drug-likeness (QED) is 0.0320. The van der Waals surface area contributed by atoms with E-state index in [1.54, 1.807) is 0 Å². The molecule has 0 fully saturated rings. The maximum atomic E-state index is 12.5. The summed E-state index contributed by atoms with van der Waals surface area (Å²) in [6, 6.07) is -0.546. The van der Waals surface area contributed by atoms with Gasteiger partial charge in [-0.25, -0.2) is 0 Å². The molecule has 0 aliphatic rings. The average molecular weight is 1140 g/mol. The molecule has 6 nitrogen and oxygen atoms in total. The number of rotatable bonds is 69. The molecule has 6 heteroatoms. The lowest BCUT2D eigenvalue weighted by molar-refractivity contribution is -0.143. The molecule has 0 heterocycles. The van der Waals surface area contributed by atoms with Crippen molar-refractivity contribution in [1.82, 2.24) is 5.32 Å². The number of unbranched alkanes of at least 4 members (excludes halogenated alkanes) is 52. The van der Waals surface area contributed by atoms with Crippen molar-refractivity contribution in [3.8, 4) is 0 Å². The van der Waals surface area contributed by atoms with E-state index in [0.29, 0.717) is 25.9 Å². The number of hydrogen-bond donors (Lipinski definition) is 3. The third kappa shape index (κ3) is 67.1. The van der Waals surface area contributed by atoms with Crippen LogP contribution >= 0.6 is 0 Å². The Morgan fingerprint density at radius 2 is 0.617 bits per heavy atom. The predicted molar refractivity (Wildman–Crippen MR) is 356 cm³/mol. The SMILES string of the molecule is CCCCC/C=C\C/C=C\CCCCCCCCCCCC(=O)OCCCCCCCCCCCCCC/C=C\CCCCCCCCCCC(=O)NC(CO)C(O)CCCCCCCCCCCCCCCCCCCCCCC. The average Bonchev–Trinajstić information content (AvgIpc) is 3.47. The van der Waals surface area contributed by atoms with Crippen molar-refractivity contribution < 1.29 is 24.5 Å². The molecule has 0 saturated heterocycles. The van der Waals surface area contributed by atoms with Gasteiger partial charge in [0.2, 0.25) is 5.91 Å². The molecule has 0 aliphatic heterocycles. The highest BCUT2D eigenvalue weighted by Crippen LogP contribution is 2.19. The van der Waals surface area contributed by atoms with Gasteiger partial charge in [-0.05, 0) is 83.5 Å². The van der Waals surface area contributed by atoms with E-state index in [9.17, 15) is 19.8 Å². The van der Waals surface area contributed by atoms with E-state index in [-0.39, 0.29) is 18.5 Å². The number of carbonyl (C=O) groups is 2. The topological polar surface area (TPSA) is 95.9 Å². The van der Waals surface area contributed by atoms with Crippen LogP contribution in [-0.4, -0.2) is 47.4 Å². The zero-order valence-electron chi connectivity index (χ0n) is 54.8. The van der Waals surface area contributed by atoms with Crippen LogP contribution in [0.15, 0.2) is 36.5 Å². The number of ether oxygens (including phenoxy) is 1. The van der Waals surface area contributed by atoms with E-state index in [2.05, 4.69) is 55.6 Å². The standard InChI is InChI=1S/C75H143NO5/c1-3-5-7-9-11-13-15-17-19-21-23-28-32-35-39-43-47-51-55-59-63-67-73(78)72(71-77)76-74(79)68-64-60-56-52-48-44-40-36-33-29-26-24-25-27-30-34-38-42-46-50-54-58-62-66-70-81-75(80)69-65-61-57-53-49-45-41-37-31-22-20-18-16-14-12-10-8-6-4-2/h12,14,18,20,26,29,72-73,77-78H,3-11,13,15-17,19,21-25,27-28,30-71H2,1-2H3,(H,76,79)/b14-12-,20-18-,29-26-. The molecule has 478 valence electrons. The number of carbonyl (C=O) groups excluding carboxylic acids is 2. The van der Waals surface area contributed by atoms with Crippen molar-refractivity contribution in [3.63, 3.8) is 0 Å². The molecule has 0 aliphatic carbocycles. The number of esters is 1. The molecule has 0 bridgehead atoms. The van der Waals surface area contributed by atoms with Gasteiger partial charge < -0.3 is 20.3 Å². The Kier molecular flexibility index (Phi) is 68.9. The second-order valence-electron chi connectivity index (χ2n) is 25.3. The fourth-order valence-corrected chi connectivity index (χ4v) is 11.6. The highest BCUT2D eigenvalue weighted by molar-refractivity contribution is 5.76. The molecule has 0 aromatic rings. The first-order valence-corrected chi connectivity index (χ1v) is 36.7. The fourth-order valence-electron chi connectivity index (χ4n) is 11.6. The summed E-state index contributed by atoms with van der Waals surface area (Å²) in [5.74, 6) is -0.0259. The zero-order valence-corrected chi connectivity index (χ0v) is 54.8. The Labute approximate surface area is 506 Å². The highest BCUT2D eigenvalue weighted by atomic mass is 16.5. The second kappa shape index (κ2) is 70.6. The van der Waals surface area contributed by atoms with Gasteiger partial charge in [0.1, 0.15) is 0 Å². The van der Waals surface area contributed by atoms with Crippen LogP contribution in [0.4, 0.5) is 0 Å². The largest absolute Gasteiger partial charge is 0.466 e. The lowest BCUT2D eigenvalue weighted by Crippen LogP contribution is -2.45. The van der Waals surface area contributed by atoms with Gasteiger partial charge >= 0.3 is 5.97 Å². The van der Waals surface area contributed by atoms with Crippen LogP contribution in [0.1, 0.15) is 406 Å². The summed E-state index contributed by atoms with van der Waals surface area (Å²) in [6.45, 7) is 4.96. The number of allylic oxidation sites excluding steroid dienone is 6. The minimum absolute atomic E-state index is 0.00954. The van der Waals surface area contributed by atoms with Gasteiger partial charge in [-0.2, -0.15) is 0 Å². The van der Waals surface area contributed by atoms with Crippen molar-refractivity contribution in [2.45, 2.75) is 418 Å². The molecule has 2 unspecified atom stereocenters. The minimum Gasteiger partial charge on any atom is -0.466 e. The lowest BCUT2D eigenvalue weighted by atomic mass is 10.0. The Bertz CT molecular complexity index is 1310. The van der Waals surface area contributed by atoms with Crippen LogP contribution in [0.25, 0.3) is 0 Å². The van der Waals surface area contributed by atoms with Gasteiger partial charge in [0.05, 0.1) is 25.4 Å². The van der Waals surface area contributed by atoms with E-state index < -0.39 is 12.1 Å². The van der Waals surface area contributed by atoms with Crippen molar-refractivity contribution in [3.05, 3.63) is 36.5 Å². The first kappa shape index (κ1) is 79.1. The second-order valence-corrected chi connectivity index (χ2v) is 25.3. The summed E-state index contributed by atoms with van der Waals surface area (Å²) < 4.78 is 5.51. The molecule has 81 heavy (non-hydrogen) atoms. The van der Waals surface area contributed by atoms with Gasteiger partial charge in [-0.1, -0.05) is 346 Å². The summed E-state index contributed by atoms with van der Waals surface area (Å²) in [6.07, 6.45) is 90.5. The van der Waals surface area contributed by atoms with E-state index >= 15 is 0 Å². The van der Waals surface area contributed by atoms with Crippen molar-refractivity contribution in [2.24, 2.45) is 0 Å². The molecular formula is C75H143NO5. The Hall–Kier alpha value is -1.92. The van der Waals surface area contributed by atoms with Crippen LogP contribution in [-0.2, 0) is 14.3 Å². The van der Waals surface area contributed by atoms with Crippen molar-refractivity contribution >= 4 is 11.9 Å². The first-order valence-electron chi connectivity index (χ1n) is 36.7. The van der Waals surface area contributed by atoms with E-state index in [0.717, 1.165) is 51.4 Å². The van der Waals surface area contributed by atoms with Crippen LogP contribution < -0.4 is 5.32 Å². The number of aliphatic hydroxyl groups is 2. The maximum Gasteiger partial charge on any atom is 0.305 e. The van der Waals surface area contributed by atoms with Gasteiger partial charge in [0.15, 0.2) is 0 Å². The van der Waals surface area contributed by atoms with Gasteiger partial charge in [0.25, 0.3) is 0 Å². The molecule has 1 amide bonds. The van der Waals surface area contributed by atoms with Gasteiger partial charge in [-0.15, -0.1) is 0 Å². The number of nitrogens with one attached hydrogen (secondary N) is 1. The Morgan fingerprint density at radius 1 is 0.346 bits per heavy atom. The molecule has 2 atom stereocenters. The van der Waals surface area contributed by atoms with Crippen LogP contribution in [0.5, 0.6) is 0 Å². The van der Waals surface area contributed by atoms with Gasteiger partial charge in [0, 0.05) is 12.8 Å². The summed E-state index contributed by atoms with van der Waals surface area (Å²) in [7, 11) is 0. The smallest absolute Gasteiger partial charge is 0.305 e. The van der Waals surface area contributed by atoms with Crippen molar-refractivity contribution in [2.75, 3.05) is 13.2 Å². The zero-order chi connectivity index (χ0) is 58.5. The summed E-state index contributed by atoms with van der Waals surface area (Å²) in [5, 5.41) is 23.4. The van der Waals surface area contributed by atoms with Gasteiger partial charge in [-0.3, -0.25) is 9.59 Å². The number of aliphatic hydroxyl groups excluding tert-OH is 2. The van der Waals surface area contributed by atoms with Crippen LogP contribution in [0.3, 0.4) is 0 Å². The molecule has 0 aromatic carbocycles. The monoisotopic (exact) mass is 1140 g/mol. The summed E-state index contributed by atoms with van der Waals surface area (Å²) in [5.41, 5.74) is 0. The molecule has 0 saturated carbocycles. The molecular weight excluding hydrogens is 995 g/mol. The molecule has 0 spiro atoms. The number of amides is 1. The molecule has 3 N–H and O–H groups in total. The third-order valence-electron chi connectivity index (χ3n) is 17.2. The maximum absolute atomic E-state index is 12.5. The molecule has 0 rings (SSSR count). The lowest BCUT2D eigenvalue weighted by Gasteiger charge is -2.22. The molecule has 0 radical (unpaired) electrons. The predicted octanol–water partition coefficient (Wildman–Crippen LogP) is 23.9. The fraction of sp³-hybridized carbons (Fsp3) is 0.893. The van der Waals surface area contributed by atoms with Crippen molar-refractivity contribution in [1.29, 1.82) is 0 Å². The van der Waals surface area contributed by atoms with E-state index in [4.69, 9.17) is 4.74 Å². The normalized spacial score (nSPS) is 12.7. The molecule has 0 aromatic heterocycles.